The fourth-order valence-electron chi connectivity index (χ4n) is 8.89. The van der Waals surface area contributed by atoms with Gasteiger partial charge in [0.25, 0.3) is 0 Å². The lowest BCUT2D eigenvalue weighted by molar-refractivity contribution is 0.375. The van der Waals surface area contributed by atoms with Crippen LogP contribution in [0.3, 0.4) is 0 Å². The number of nitrogens with zero attached hydrogens (tertiary/aromatic N) is 18. The quantitative estimate of drug-likeness (QED) is 0.149. The van der Waals surface area contributed by atoms with Crippen LogP contribution in [-0.4, -0.2) is 125 Å². The van der Waals surface area contributed by atoms with Crippen molar-refractivity contribution in [2.75, 3.05) is 42.7 Å². The number of ether oxygens (including phenoxy) is 6. The van der Waals surface area contributed by atoms with Crippen LogP contribution < -0.4 is 96.7 Å². The van der Waals surface area contributed by atoms with E-state index in [1.54, 1.807) is 0 Å². The molecule has 6 bridgehead atoms. The first-order chi connectivity index (χ1) is 34.1. The van der Waals surface area contributed by atoms with Gasteiger partial charge in [-0.15, -0.1) is 27.8 Å². The fourth-order valence-corrected chi connectivity index (χ4v) is 8.89. The maximum atomic E-state index is 15.0. The van der Waals surface area contributed by atoms with Crippen LogP contribution in [0.2, 0.25) is 0 Å². The molecule has 2 aromatic carbocycles. The molecular weight excluding hydrogens is 973 g/mol. The van der Waals surface area contributed by atoms with Gasteiger partial charge in [-0.2, -0.15) is 27.1 Å². The summed E-state index contributed by atoms with van der Waals surface area (Å²) in [7, 11) is 11.2. The van der Waals surface area contributed by atoms with Crippen molar-refractivity contribution in [3.8, 4) is 34.5 Å². The van der Waals surface area contributed by atoms with Crippen LogP contribution in [0.5, 0.6) is 34.5 Å². The van der Waals surface area contributed by atoms with Gasteiger partial charge in [0, 0.05) is 42.3 Å². The smallest absolute Gasteiger partial charge is 0.368 e. The number of aromatic nitrogens is 18. The predicted molar refractivity (Wildman–Crippen MR) is 240 cm³/mol. The molecule has 72 heavy (non-hydrogen) atoms. The van der Waals surface area contributed by atoms with Gasteiger partial charge in [0.2, 0.25) is 0 Å². The number of rotatable bonds is 6. The molecule has 36 heteroatoms. The van der Waals surface area contributed by atoms with Crippen LogP contribution >= 0.6 is 0 Å². The lowest BCUT2D eigenvalue weighted by Crippen LogP contribution is -2.33. The zero-order valence-corrected chi connectivity index (χ0v) is 39.4. The average Bonchev–Trinajstić information content (AvgIpc) is 4.03. The summed E-state index contributed by atoms with van der Waals surface area (Å²) in [5, 5.41) is 0. The first kappa shape index (κ1) is 45.5. The molecule has 11 aromatic rings. The molecule has 0 aliphatic heterocycles. The summed E-state index contributed by atoms with van der Waals surface area (Å²) in [5.41, 5.74) is -22.7. The molecule has 0 fully saturated rings. The van der Waals surface area contributed by atoms with Crippen molar-refractivity contribution in [3.05, 3.63) is 126 Å². The summed E-state index contributed by atoms with van der Waals surface area (Å²) in [4.78, 5) is 180. The summed E-state index contributed by atoms with van der Waals surface area (Å²) >= 11 is 0. The van der Waals surface area contributed by atoms with Crippen molar-refractivity contribution in [3.63, 3.8) is 0 Å². The minimum atomic E-state index is -1.45. The molecule has 0 spiro atoms. The highest BCUT2D eigenvalue weighted by atomic mass is 16.5. The summed E-state index contributed by atoms with van der Waals surface area (Å²) < 4.78 is 42.1. The van der Waals surface area contributed by atoms with Crippen LogP contribution in [-0.2, 0) is 42.3 Å². The predicted octanol–water partition coefficient (Wildman–Crippen LogP) is -8.65. The van der Waals surface area contributed by atoms with E-state index < -0.39 is 136 Å². The highest BCUT2D eigenvalue weighted by Crippen LogP contribution is 2.45. The number of methoxy groups -OCH3 is 6. The van der Waals surface area contributed by atoms with Crippen molar-refractivity contribution < 1.29 is 28.4 Å². The highest BCUT2D eigenvalue weighted by molar-refractivity contribution is 5.98. The van der Waals surface area contributed by atoms with Crippen LogP contribution in [0.4, 0.5) is 0 Å². The Balaban J connectivity index is 2.06. The van der Waals surface area contributed by atoms with Crippen LogP contribution in [0.25, 0.3) is 33.1 Å². The highest BCUT2D eigenvalue weighted by Gasteiger charge is 2.35. The van der Waals surface area contributed by atoms with Gasteiger partial charge in [0.1, 0.15) is 0 Å². The molecular formula is C36H36N18O18. The van der Waals surface area contributed by atoms with Crippen LogP contribution in [0.15, 0.2) is 57.5 Å². The van der Waals surface area contributed by atoms with E-state index in [9.17, 15) is 28.8 Å². The molecule has 0 aliphatic carbocycles. The van der Waals surface area contributed by atoms with E-state index in [2.05, 4.69) is 0 Å². The second-order valence-electron chi connectivity index (χ2n) is 15.6. The van der Waals surface area contributed by atoms with Gasteiger partial charge in [-0.1, -0.05) is 0 Å². The normalized spacial score (nSPS) is 12.0. The molecule has 0 amide bonds. The van der Waals surface area contributed by atoms with Crippen LogP contribution in [0.1, 0.15) is 0 Å². The van der Waals surface area contributed by atoms with E-state index in [1.807, 2.05) is 0 Å². The first-order valence-corrected chi connectivity index (χ1v) is 20.3. The molecule has 9 heterocycles. The second-order valence-corrected chi connectivity index (χ2v) is 15.6. The second kappa shape index (κ2) is 14.6. The van der Waals surface area contributed by atoms with Gasteiger partial charge < -0.3 is 28.4 Å². The van der Waals surface area contributed by atoms with Crippen molar-refractivity contribution in [1.82, 2.24) is 82.3 Å². The molecule has 9 aromatic heterocycles. The van der Waals surface area contributed by atoms with E-state index in [0.717, 1.165) is 84.9 Å². The van der Waals surface area contributed by atoms with Gasteiger partial charge >= 0.3 is 68.3 Å². The van der Waals surface area contributed by atoms with Crippen molar-refractivity contribution >= 4 is 33.1 Å². The number of hydrogen-bond acceptors (Lipinski definition) is 18. The topological polar surface area (TPSA) is 343 Å². The Morgan fingerprint density at radius 3 is 0.417 bits per heavy atom. The Hall–Kier alpha value is -10.3. The standard InChI is InChI=1S/C36H36N18O18/c1-37-25(55)43-13-19(67-7)14-21(69-9)15(20(13)68-8)46-28(58)40(4)34(64)52(46)54-36(66)42(6)30(60)48(54)18-23(71-11)16(44-26(56)38(2)32(62)50(44)49(43)31(37)61)22(70-10)17(24(18)72-12)47-29(59)41(5)35(65)53(47)51-33(63)39(3)27(57)45(14)51/h1-12H3. The van der Waals surface area contributed by atoms with E-state index in [-0.39, 0.29) is 27.8 Å². The van der Waals surface area contributed by atoms with Gasteiger partial charge in [0.05, 0.1) is 42.7 Å². The number of benzene rings is 2. The minimum Gasteiger partial charge on any atom is -0.492 e. The third-order valence-corrected chi connectivity index (χ3v) is 12.3. The molecule has 0 N–H and O–H groups in total. The van der Waals surface area contributed by atoms with E-state index in [1.165, 1.54) is 0 Å². The summed E-state index contributed by atoms with van der Waals surface area (Å²) in [6.07, 6.45) is 0. The summed E-state index contributed by atoms with van der Waals surface area (Å²) in [5.74, 6) is -5.19. The van der Waals surface area contributed by atoms with E-state index in [0.29, 0.717) is 54.5 Å². The maximum Gasteiger partial charge on any atom is 0.368 e. The van der Waals surface area contributed by atoms with Gasteiger partial charge in [-0.05, 0) is 0 Å². The first-order valence-electron chi connectivity index (χ1n) is 20.3. The molecule has 0 aliphatic rings. The lowest BCUT2D eigenvalue weighted by Gasteiger charge is -2.18. The molecule has 36 nitrogen and oxygen atoms in total. The molecule has 11 rings (SSSR count). The van der Waals surface area contributed by atoms with E-state index >= 15 is 28.8 Å². The molecule has 0 atom stereocenters. The van der Waals surface area contributed by atoms with Crippen molar-refractivity contribution in [1.29, 1.82) is 0 Å². The van der Waals surface area contributed by atoms with Crippen LogP contribution in [0, 0.1) is 0 Å². The Bertz CT molecular complexity index is 4260. The average molecular weight is 1010 g/mol. The van der Waals surface area contributed by atoms with Gasteiger partial charge in [0.15, 0.2) is 67.6 Å². The summed E-state index contributed by atoms with van der Waals surface area (Å²) in [6, 6.07) is 0. The van der Waals surface area contributed by atoms with Crippen molar-refractivity contribution in [2.45, 2.75) is 0 Å². The fraction of sp³-hybridized carbons (Fsp3) is 0.333. The third-order valence-electron chi connectivity index (χ3n) is 12.3. The molecule has 0 radical (unpaired) electrons. The third kappa shape index (κ3) is 4.86. The van der Waals surface area contributed by atoms with Crippen molar-refractivity contribution in [2.24, 2.45) is 42.3 Å². The molecule has 0 saturated carbocycles. The molecule has 0 saturated heterocycles. The minimum absolute atomic E-state index is 0.267. The Kier molecular flexibility index (Phi) is 9.22. The Morgan fingerprint density at radius 1 is 0.208 bits per heavy atom. The number of hydrogen-bond donors (Lipinski definition) is 0. The molecule has 0 unspecified atom stereocenters. The van der Waals surface area contributed by atoms with E-state index in [4.69, 9.17) is 28.4 Å². The zero-order valence-electron chi connectivity index (χ0n) is 39.4. The maximum absolute atomic E-state index is 15.0. The largest absolute Gasteiger partial charge is 0.492 e. The van der Waals surface area contributed by atoms with Gasteiger partial charge in [-0.3, -0.25) is 0 Å². The summed E-state index contributed by atoms with van der Waals surface area (Å²) in [6.45, 7) is 0. The monoisotopic (exact) mass is 1010 g/mol. The van der Waals surface area contributed by atoms with Gasteiger partial charge in [-0.25, -0.2) is 84.9 Å². The molecule has 378 valence electrons. The SMILES string of the molecule is COc1c2c(OC)c3c(OC)c1n1c(=O)n(C)c(=O)n1n1c(=O)n(C)c(=O)n1c1c(OC)c(c(OC)c(c1OC)n1c(=O)n(C)c(=O)n1n1c(=O)n(C)c(=O)n31)n1c(=O)n(C)c(=O)n1n1c(=O)n(C)c(=O)n21. The lowest BCUT2D eigenvalue weighted by atomic mass is 10.2. The Morgan fingerprint density at radius 2 is 0.319 bits per heavy atom. The zero-order chi connectivity index (χ0) is 52.5. The Labute approximate surface area is 388 Å².